The molecule has 1 atom stereocenters. The molecule has 0 saturated carbocycles. The summed E-state index contributed by atoms with van der Waals surface area (Å²) < 4.78 is 38.9. The van der Waals surface area contributed by atoms with Gasteiger partial charge in [0, 0.05) is 12.6 Å². The fourth-order valence-corrected chi connectivity index (χ4v) is 5.94. The van der Waals surface area contributed by atoms with Crippen LogP contribution in [0.3, 0.4) is 0 Å². The number of benzene rings is 2. The standard InChI is InChI=1S/C21H22ClN3O6S/c1-2-30-17-8-4-3-6-14(17)24-21(27)16-7-5-9-25(16)32(28,29)19-11-18-15(10-13(19)22)23-20(26)12-31-18/h3-4,6,8,10-11,16H,2,5,7,9,12H2,1H3,(H,23,26)(H,24,27)/t16-/m1/s1. The van der Waals surface area contributed by atoms with Gasteiger partial charge in [0.05, 0.1) is 23.0 Å². The number of ether oxygens (including phenoxy) is 2. The molecule has 4 rings (SSSR count). The second-order valence-corrected chi connectivity index (χ2v) is 9.57. The topological polar surface area (TPSA) is 114 Å². The quantitative estimate of drug-likeness (QED) is 0.658. The number of nitrogens with one attached hydrogen (secondary N) is 2. The minimum atomic E-state index is -4.11. The van der Waals surface area contributed by atoms with Crippen molar-refractivity contribution in [2.24, 2.45) is 0 Å². The van der Waals surface area contributed by atoms with Crippen molar-refractivity contribution in [3.05, 3.63) is 41.4 Å². The largest absolute Gasteiger partial charge is 0.492 e. The average molecular weight is 480 g/mol. The zero-order valence-corrected chi connectivity index (χ0v) is 18.8. The van der Waals surface area contributed by atoms with Crippen LogP contribution in [0, 0.1) is 0 Å². The molecule has 0 spiro atoms. The predicted molar refractivity (Wildman–Crippen MR) is 119 cm³/mol. The van der Waals surface area contributed by atoms with E-state index in [1.54, 1.807) is 24.3 Å². The zero-order valence-electron chi connectivity index (χ0n) is 17.3. The molecule has 32 heavy (non-hydrogen) atoms. The monoisotopic (exact) mass is 479 g/mol. The van der Waals surface area contributed by atoms with E-state index in [4.69, 9.17) is 21.1 Å². The maximum atomic E-state index is 13.4. The van der Waals surface area contributed by atoms with E-state index in [0.717, 1.165) is 4.31 Å². The second-order valence-electron chi connectivity index (χ2n) is 7.31. The van der Waals surface area contributed by atoms with Gasteiger partial charge in [0.1, 0.15) is 22.4 Å². The van der Waals surface area contributed by atoms with Gasteiger partial charge in [0.15, 0.2) is 6.61 Å². The van der Waals surface area contributed by atoms with E-state index < -0.39 is 22.0 Å². The summed E-state index contributed by atoms with van der Waals surface area (Å²) in [5.74, 6) is -0.0882. The third-order valence-electron chi connectivity index (χ3n) is 5.20. The minimum absolute atomic E-state index is 0.0673. The lowest BCUT2D eigenvalue weighted by Crippen LogP contribution is -2.43. The molecule has 2 N–H and O–H groups in total. The molecule has 0 unspecified atom stereocenters. The van der Waals surface area contributed by atoms with Gasteiger partial charge in [-0.25, -0.2) is 8.42 Å². The molecular formula is C21H22ClN3O6S. The molecule has 2 aliphatic rings. The molecule has 2 aromatic carbocycles. The summed E-state index contributed by atoms with van der Waals surface area (Å²) in [5.41, 5.74) is 0.771. The summed E-state index contributed by atoms with van der Waals surface area (Å²) in [6.07, 6.45) is 0.899. The molecule has 1 fully saturated rings. The minimum Gasteiger partial charge on any atom is -0.492 e. The van der Waals surface area contributed by atoms with Gasteiger partial charge < -0.3 is 20.1 Å². The van der Waals surface area contributed by atoms with Crippen LogP contribution in [-0.2, 0) is 19.6 Å². The van der Waals surface area contributed by atoms with E-state index in [2.05, 4.69) is 10.6 Å². The van der Waals surface area contributed by atoms with Crippen molar-refractivity contribution in [2.75, 3.05) is 30.4 Å². The Kier molecular flexibility index (Phi) is 6.27. The highest BCUT2D eigenvalue weighted by atomic mass is 35.5. The van der Waals surface area contributed by atoms with Crippen molar-refractivity contribution < 1.29 is 27.5 Å². The first-order valence-corrected chi connectivity index (χ1v) is 11.9. The van der Waals surface area contributed by atoms with Crippen molar-refractivity contribution >= 4 is 44.8 Å². The van der Waals surface area contributed by atoms with Gasteiger partial charge in [-0.2, -0.15) is 4.31 Å². The van der Waals surface area contributed by atoms with Crippen LogP contribution in [0.2, 0.25) is 5.02 Å². The predicted octanol–water partition coefficient (Wildman–Crippen LogP) is 2.86. The van der Waals surface area contributed by atoms with Crippen LogP contribution in [0.15, 0.2) is 41.3 Å². The van der Waals surface area contributed by atoms with Gasteiger partial charge in [-0.3, -0.25) is 9.59 Å². The fraction of sp³-hybridized carbons (Fsp3) is 0.333. The number of hydrogen-bond acceptors (Lipinski definition) is 6. The molecule has 0 aromatic heterocycles. The highest BCUT2D eigenvalue weighted by Gasteiger charge is 2.41. The number of carbonyl (C=O) groups excluding carboxylic acids is 2. The lowest BCUT2D eigenvalue weighted by Gasteiger charge is -2.25. The Morgan fingerprint density at radius 2 is 2.12 bits per heavy atom. The molecule has 0 aliphatic carbocycles. The first kappa shape index (κ1) is 22.4. The highest BCUT2D eigenvalue weighted by molar-refractivity contribution is 7.89. The van der Waals surface area contributed by atoms with Crippen molar-refractivity contribution in [1.29, 1.82) is 0 Å². The molecule has 2 amide bonds. The van der Waals surface area contributed by atoms with Crippen molar-refractivity contribution in [1.82, 2.24) is 4.31 Å². The van der Waals surface area contributed by atoms with Crippen LogP contribution in [0.25, 0.3) is 0 Å². The Bertz CT molecular complexity index is 1170. The number of carbonyl (C=O) groups is 2. The van der Waals surface area contributed by atoms with Crippen LogP contribution < -0.4 is 20.1 Å². The third-order valence-corrected chi connectivity index (χ3v) is 7.58. The van der Waals surface area contributed by atoms with Crippen LogP contribution >= 0.6 is 11.6 Å². The van der Waals surface area contributed by atoms with E-state index in [9.17, 15) is 18.0 Å². The first-order valence-electron chi connectivity index (χ1n) is 10.1. The Labute approximate surface area is 190 Å². The normalized spacial score (nSPS) is 18.4. The van der Waals surface area contributed by atoms with Gasteiger partial charge in [0.25, 0.3) is 5.91 Å². The molecule has 2 heterocycles. The number of halogens is 1. The molecule has 2 aromatic rings. The molecule has 11 heteroatoms. The number of anilines is 2. The molecule has 2 aliphatic heterocycles. The van der Waals surface area contributed by atoms with Gasteiger partial charge in [-0.05, 0) is 38.0 Å². The van der Waals surface area contributed by atoms with E-state index in [1.807, 2.05) is 6.92 Å². The molecule has 0 bridgehead atoms. The average Bonchev–Trinajstić information content (AvgIpc) is 3.26. The number of hydrogen-bond donors (Lipinski definition) is 2. The molecule has 0 radical (unpaired) electrons. The summed E-state index contributed by atoms with van der Waals surface area (Å²) in [6.45, 7) is 2.22. The Hall–Kier alpha value is -2.82. The number of para-hydroxylation sites is 2. The third kappa shape index (κ3) is 4.25. The molecule has 1 saturated heterocycles. The molecular weight excluding hydrogens is 458 g/mol. The van der Waals surface area contributed by atoms with Crippen molar-refractivity contribution in [2.45, 2.75) is 30.7 Å². The Morgan fingerprint density at radius 1 is 1.34 bits per heavy atom. The van der Waals surface area contributed by atoms with Crippen LogP contribution in [0.1, 0.15) is 19.8 Å². The van der Waals surface area contributed by atoms with Gasteiger partial charge in [0.2, 0.25) is 15.9 Å². The van der Waals surface area contributed by atoms with Gasteiger partial charge >= 0.3 is 0 Å². The SMILES string of the molecule is CCOc1ccccc1NC(=O)[C@H]1CCCN1S(=O)(=O)c1cc2c(cc1Cl)NC(=O)CO2. The number of fused-ring (bicyclic) bond motifs is 1. The summed E-state index contributed by atoms with van der Waals surface area (Å²) in [5, 5.41) is 5.30. The van der Waals surface area contributed by atoms with Crippen LogP contribution in [0.5, 0.6) is 11.5 Å². The summed E-state index contributed by atoms with van der Waals surface area (Å²) in [4.78, 5) is 24.4. The van der Waals surface area contributed by atoms with E-state index in [0.29, 0.717) is 36.6 Å². The van der Waals surface area contributed by atoms with Crippen molar-refractivity contribution in [3.63, 3.8) is 0 Å². The maximum absolute atomic E-state index is 13.4. The maximum Gasteiger partial charge on any atom is 0.262 e. The Morgan fingerprint density at radius 3 is 2.91 bits per heavy atom. The first-order chi connectivity index (χ1) is 15.3. The summed E-state index contributed by atoms with van der Waals surface area (Å²) in [6, 6.07) is 8.69. The van der Waals surface area contributed by atoms with Gasteiger partial charge in [-0.15, -0.1) is 0 Å². The van der Waals surface area contributed by atoms with E-state index in [1.165, 1.54) is 12.1 Å². The molecule has 170 valence electrons. The highest BCUT2D eigenvalue weighted by Crippen LogP contribution is 2.38. The zero-order chi connectivity index (χ0) is 22.9. The number of amides is 2. The Balaban J connectivity index is 1.60. The van der Waals surface area contributed by atoms with E-state index >= 15 is 0 Å². The lowest BCUT2D eigenvalue weighted by molar-refractivity contribution is -0.119. The number of nitrogens with zero attached hydrogens (tertiary/aromatic N) is 1. The van der Waals surface area contributed by atoms with Crippen LogP contribution in [0.4, 0.5) is 11.4 Å². The number of rotatable bonds is 6. The van der Waals surface area contributed by atoms with Gasteiger partial charge in [-0.1, -0.05) is 23.7 Å². The smallest absolute Gasteiger partial charge is 0.262 e. The van der Waals surface area contributed by atoms with Crippen LogP contribution in [-0.4, -0.2) is 50.3 Å². The second kappa shape index (κ2) is 8.97. The molecule has 9 nitrogen and oxygen atoms in total. The fourth-order valence-electron chi connectivity index (χ4n) is 3.76. The summed E-state index contributed by atoms with van der Waals surface area (Å²) in [7, 11) is -4.11. The van der Waals surface area contributed by atoms with E-state index in [-0.39, 0.29) is 34.7 Å². The van der Waals surface area contributed by atoms with Crippen molar-refractivity contribution in [3.8, 4) is 11.5 Å². The summed E-state index contributed by atoms with van der Waals surface area (Å²) >= 11 is 6.25. The number of sulfonamides is 1. The lowest BCUT2D eigenvalue weighted by atomic mass is 10.2.